The van der Waals surface area contributed by atoms with Gasteiger partial charge in [0.1, 0.15) is 5.69 Å². The van der Waals surface area contributed by atoms with E-state index in [1.54, 1.807) is 28.8 Å². The summed E-state index contributed by atoms with van der Waals surface area (Å²) >= 11 is 0. The summed E-state index contributed by atoms with van der Waals surface area (Å²) in [4.78, 5) is 11.0. The van der Waals surface area contributed by atoms with Crippen LogP contribution < -0.4 is 0 Å². The van der Waals surface area contributed by atoms with Gasteiger partial charge in [-0.15, -0.1) is 0 Å². The molecule has 4 nitrogen and oxygen atoms in total. The van der Waals surface area contributed by atoms with Crippen LogP contribution in [0.1, 0.15) is 10.5 Å². The van der Waals surface area contributed by atoms with Crippen molar-refractivity contribution in [3.63, 3.8) is 0 Å². The van der Waals surface area contributed by atoms with E-state index in [0.29, 0.717) is 0 Å². The van der Waals surface area contributed by atoms with Gasteiger partial charge in [0.2, 0.25) is 0 Å². The molecule has 1 heterocycles. The molecule has 2 aromatic rings. The van der Waals surface area contributed by atoms with Crippen LogP contribution >= 0.6 is 0 Å². The average molecular weight is 204 g/mol. The molecule has 4 heteroatoms. The molecule has 0 saturated carbocycles. The van der Waals surface area contributed by atoms with Crippen molar-refractivity contribution in [2.24, 2.45) is 0 Å². The summed E-state index contributed by atoms with van der Waals surface area (Å²) in [5.41, 5.74) is 0.999. The third-order valence-electron chi connectivity index (χ3n) is 2.29. The number of hydrogen-bond acceptors (Lipinski definition) is 2. The van der Waals surface area contributed by atoms with Crippen LogP contribution in [-0.4, -0.2) is 27.4 Å². The number of aliphatic hydroxyl groups excluding tert-OH is 1. The van der Waals surface area contributed by atoms with Crippen LogP contribution in [0.4, 0.5) is 0 Å². The quantitative estimate of drug-likeness (QED) is 0.787. The molecule has 0 saturated heterocycles. The van der Waals surface area contributed by atoms with Crippen LogP contribution in [0.3, 0.4) is 0 Å². The molecule has 0 spiro atoms. The lowest BCUT2D eigenvalue weighted by Gasteiger charge is -2.05. The predicted molar refractivity (Wildman–Crippen MR) is 54.8 cm³/mol. The van der Waals surface area contributed by atoms with E-state index in [4.69, 9.17) is 10.2 Å². The van der Waals surface area contributed by atoms with Crippen molar-refractivity contribution in [2.75, 3.05) is 6.61 Å². The second-order valence-corrected chi connectivity index (χ2v) is 3.19. The molecule has 2 N–H and O–H groups in total. The number of aromatic nitrogens is 1. The molecule has 0 amide bonds. The van der Waals surface area contributed by atoms with E-state index >= 15 is 0 Å². The number of benzene rings is 1. The number of fused-ring (bicyclic) bond motifs is 1. The highest BCUT2D eigenvalue weighted by molar-refractivity contribution is 5.94. The monoisotopic (exact) mass is 204 g/mol. The zero-order chi connectivity index (χ0) is 10.8. The van der Waals surface area contributed by atoms with Gasteiger partial charge in [0, 0.05) is 17.4 Å². The lowest BCUT2D eigenvalue weighted by molar-refractivity contribution is 0.0684. The van der Waals surface area contributed by atoms with Crippen molar-refractivity contribution >= 4 is 16.9 Å². The molecule has 0 aliphatic carbocycles. The number of aromatic carboxylic acids is 1. The molecule has 1 radical (unpaired) electrons. The fourth-order valence-corrected chi connectivity index (χ4v) is 1.67. The molecular formula is C11H10NO3. The summed E-state index contributed by atoms with van der Waals surface area (Å²) < 4.78 is 1.59. The van der Waals surface area contributed by atoms with E-state index < -0.39 is 5.97 Å². The Bertz CT molecular complexity index is 502. The largest absolute Gasteiger partial charge is 0.477 e. The second-order valence-electron chi connectivity index (χ2n) is 3.19. The van der Waals surface area contributed by atoms with Gasteiger partial charge in [0.15, 0.2) is 0 Å². The number of nitrogens with zero attached hydrogens (tertiary/aromatic N) is 1. The molecule has 1 aromatic carbocycles. The van der Waals surface area contributed by atoms with Gasteiger partial charge >= 0.3 is 5.97 Å². The Morgan fingerprint density at radius 3 is 3.00 bits per heavy atom. The minimum absolute atomic E-state index is 0.0807. The number of hydrogen-bond donors (Lipinski definition) is 2. The van der Waals surface area contributed by atoms with Crippen molar-refractivity contribution in [2.45, 2.75) is 6.54 Å². The summed E-state index contributed by atoms with van der Waals surface area (Å²) in [5, 5.41) is 18.7. The first-order valence-electron chi connectivity index (χ1n) is 4.57. The third-order valence-corrected chi connectivity index (χ3v) is 2.29. The first-order chi connectivity index (χ1) is 7.24. The lowest BCUT2D eigenvalue weighted by Crippen LogP contribution is -2.10. The van der Waals surface area contributed by atoms with Gasteiger partial charge < -0.3 is 14.8 Å². The minimum Gasteiger partial charge on any atom is -0.477 e. The SMILES string of the molecule is O=C(O)c1cc2c[c]ccc2n1CCO. The zero-order valence-electron chi connectivity index (χ0n) is 7.97. The maximum atomic E-state index is 11.0. The smallest absolute Gasteiger partial charge is 0.352 e. The second kappa shape index (κ2) is 3.74. The van der Waals surface area contributed by atoms with Crippen molar-refractivity contribution in [3.05, 3.63) is 36.0 Å². The number of carbonyl (C=O) groups is 1. The molecule has 0 fully saturated rings. The summed E-state index contributed by atoms with van der Waals surface area (Å²) in [5.74, 6) is -0.986. The Hall–Kier alpha value is -1.81. The Labute approximate surface area is 86.4 Å². The topological polar surface area (TPSA) is 62.5 Å². The molecule has 0 aliphatic heterocycles. The highest BCUT2D eigenvalue weighted by Crippen LogP contribution is 2.19. The number of carboxylic acids is 1. The van der Waals surface area contributed by atoms with Gasteiger partial charge in [-0.05, 0) is 24.3 Å². The van der Waals surface area contributed by atoms with Crippen LogP contribution in [0, 0.1) is 6.07 Å². The van der Waals surface area contributed by atoms with E-state index in [1.807, 2.05) is 0 Å². The van der Waals surface area contributed by atoms with Crippen LogP contribution in [0.25, 0.3) is 10.9 Å². The van der Waals surface area contributed by atoms with Gasteiger partial charge in [-0.3, -0.25) is 0 Å². The van der Waals surface area contributed by atoms with Crippen LogP contribution in [0.5, 0.6) is 0 Å². The summed E-state index contributed by atoms with van der Waals surface area (Å²) in [6, 6.07) is 9.72. The molecule has 1 aromatic heterocycles. The summed E-state index contributed by atoms with van der Waals surface area (Å²) in [7, 11) is 0. The molecular weight excluding hydrogens is 194 g/mol. The summed E-state index contributed by atoms with van der Waals surface area (Å²) in [6.45, 7) is 0.206. The van der Waals surface area contributed by atoms with Crippen molar-refractivity contribution in [1.82, 2.24) is 4.57 Å². The molecule has 0 bridgehead atoms. The lowest BCUT2D eigenvalue weighted by atomic mass is 10.2. The van der Waals surface area contributed by atoms with Gasteiger partial charge in [0.05, 0.1) is 6.61 Å². The van der Waals surface area contributed by atoms with Crippen molar-refractivity contribution in [1.29, 1.82) is 0 Å². The number of rotatable bonds is 3. The normalized spacial score (nSPS) is 10.7. The Morgan fingerprint density at radius 2 is 2.33 bits per heavy atom. The maximum Gasteiger partial charge on any atom is 0.352 e. The highest BCUT2D eigenvalue weighted by atomic mass is 16.4. The van der Waals surface area contributed by atoms with Gasteiger partial charge in [-0.1, -0.05) is 6.07 Å². The van der Waals surface area contributed by atoms with Gasteiger partial charge in [-0.2, -0.15) is 0 Å². The van der Waals surface area contributed by atoms with Gasteiger partial charge in [-0.25, -0.2) is 4.79 Å². The van der Waals surface area contributed by atoms with E-state index in [1.165, 1.54) is 0 Å². The standard InChI is InChI=1S/C11H10NO3/c13-6-5-12-9-4-2-1-3-8(9)7-10(12)11(14)15/h2-4,7,13H,5-6H2,(H,14,15). The Balaban J connectivity index is 2.68. The Morgan fingerprint density at radius 1 is 1.53 bits per heavy atom. The first-order valence-corrected chi connectivity index (χ1v) is 4.57. The van der Waals surface area contributed by atoms with E-state index in [2.05, 4.69) is 6.07 Å². The van der Waals surface area contributed by atoms with Crippen molar-refractivity contribution in [3.8, 4) is 0 Å². The molecule has 0 unspecified atom stereocenters. The fraction of sp³-hybridized carbons (Fsp3) is 0.182. The predicted octanol–water partition coefficient (Wildman–Crippen LogP) is 1.13. The molecule has 0 atom stereocenters. The zero-order valence-corrected chi connectivity index (χ0v) is 7.97. The molecule has 77 valence electrons. The van der Waals surface area contributed by atoms with E-state index in [0.717, 1.165) is 10.9 Å². The highest BCUT2D eigenvalue weighted by Gasteiger charge is 2.13. The maximum absolute atomic E-state index is 11.0. The fourth-order valence-electron chi connectivity index (χ4n) is 1.67. The minimum atomic E-state index is -0.986. The van der Waals surface area contributed by atoms with E-state index in [-0.39, 0.29) is 18.8 Å². The van der Waals surface area contributed by atoms with Crippen molar-refractivity contribution < 1.29 is 15.0 Å². The molecule has 0 aliphatic rings. The van der Waals surface area contributed by atoms with E-state index in [9.17, 15) is 4.79 Å². The number of aliphatic hydroxyl groups is 1. The average Bonchev–Trinajstić information content (AvgIpc) is 2.58. The van der Waals surface area contributed by atoms with Crippen LogP contribution in [0.15, 0.2) is 24.3 Å². The molecule has 15 heavy (non-hydrogen) atoms. The third kappa shape index (κ3) is 1.59. The Kier molecular flexibility index (Phi) is 2.43. The summed E-state index contributed by atoms with van der Waals surface area (Å²) in [6.07, 6.45) is 0. The van der Waals surface area contributed by atoms with Crippen LogP contribution in [0.2, 0.25) is 0 Å². The molecule has 2 rings (SSSR count). The first kappa shape index (κ1) is 9.73. The number of carboxylic acid groups (broad SMARTS) is 1. The van der Waals surface area contributed by atoms with Crippen LogP contribution in [-0.2, 0) is 6.54 Å². The van der Waals surface area contributed by atoms with Gasteiger partial charge in [0.25, 0.3) is 0 Å².